The molecule has 0 spiro atoms. The van der Waals surface area contributed by atoms with Crippen molar-refractivity contribution in [2.24, 2.45) is 11.8 Å². The Kier molecular flexibility index (Phi) is 1.69. The fourth-order valence-electron chi connectivity index (χ4n) is 3.06. The Morgan fingerprint density at radius 1 is 1.27 bits per heavy atom. The van der Waals surface area contributed by atoms with E-state index in [0.717, 1.165) is 12.3 Å². The lowest BCUT2D eigenvalue weighted by molar-refractivity contribution is 0.100. The zero-order valence-corrected chi connectivity index (χ0v) is 7.33. The number of rotatable bonds is 1. The summed E-state index contributed by atoms with van der Waals surface area (Å²) in [6.07, 6.45) is 3.63. The van der Waals surface area contributed by atoms with E-state index in [9.17, 15) is 5.11 Å². The minimum Gasteiger partial charge on any atom is -0.393 e. The normalized spacial score (nSPS) is 49.1. The predicted octanol–water partition coefficient (Wildman–Crippen LogP) is 0.707. The topological polar surface area (TPSA) is 23.5 Å². The highest BCUT2D eigenvalue weighted by molar-refractivity contribution is 5.00. The second kappa shape index (κ2) is 2.46. The van der Waals surface area contributed by atoms with Gasteiger partial charge in [0.25, 0.3) is 0 Å². The highest BCUT2D eigenvalue weighted by Crippen LogP contribution is 2.46. The van der Waals surface area contributed by atoms with Gasteiger partial charge < -0.3 is 10.0 Å². The first-order valence-electron chi connectivity index (χ1n) is 4.54. The average molecular weight is 155 g/mol. The summed E-state index contributed by atoms with van der Waals surface area (Å²) in [5, 5.41) is 9.61. The number of hydrogen-bond acceptors (Lipinski definition) is 2. The highest BCUT2D eigenvalue weighted by atomic mass is 16.3. The molecule has 2 saturated carbocycles. The van der Waals surface area contributed by atoms with Gasteiger partial charge in [-0.15, -0.1) is 0 Å². The van der Waals surface area contributed by atoms with Gasteiger partial charge in [-0.05, 0) is 39.3 Å². The van der Waals surface area contributed by atoms with Crippen LogP contribution in [0.4, 0.5) is 0 Å². The molecule has 2 rings (SSSR count). The van der Waals surface area contributed by atoms with Crippen LogP contribution >= 0.6 is 0 Å². The first-order chi connectivity index (χ1) is 5.20. The van der Waals surface area contributed by atoms with Gasteiger partial charge in [-0.2, -0.15) is 0 Å². The zero-order chi connectivity index (χ0) is 8.01. The standard InChI is InChI=1S/C9H17NO/c1-10(2)9-6-3-4-7(9)8(11)5-6/h6-9,11H,3-5H2,1-2H3/t6-,7+,8-,9+/m0/s1. The number of hydrogen-bond donors (Lipinski definition) is 1. The summed E-state index contributed by atoms with van der Waals surface area (Å²) >= 11 is 0. The van der Waals surface area contributed by atoms with E-state index in [1.165, 1.54) is 12.8 Å². The molecular weight excluding hydrogens is 138 g/mol. The van der Waals surface area contributed by atoms with Gasteiger partial charge >= 0.3 is 0 Å². The van der Waals surface area contributed by atoms with Crippen LogP contribution in [0.15, 0.2) is 0 Å². The van der Waals surface area contributed by atoms with Crippen molar-refractivity contribution in [2.75, 3.05) is 14.1 Å². The molecule has 2 heteroatoms. The van der Waals surface area contributed by atoms with Crippen LogP contribution in [0.3, 0.4) is 0 Å². The Hall–Kier alpha value is -0.0800. The lowest BCUT2D eigenvalue weighted by atomic mass is 9.98. The molecule has 0 unspecified atom stereocenters. The first-order valence-corrected chi connectivity index (χ1v) is 4.54. The molecule has 0 amide bonds. The summed E-state index contributed by atoms with van der Waals surface area (Å²) in [7, 11) is 4.27. The van der Waals surface area contributed by atoms with Crippen LogP contribution in [0, 0.1) is 11.8 Å². The summed E-state index contributed by atoms with van der Waals surface area (Å²) in [4.78, 5) is 2.29. The van der Waals surface area contributed by atoms with Gasteiger partial charge in [-0.25, -0.2) is 0 Å². The summed E-state index contributed by atoms with van der Waals surface area (Å²) in [5.74, 6) is 1.36. The molecule has 2 fully saturated rings. The van der Waals surface area contributed by atoms with Crippen molar-refractivity contribution < 1.29 is 5.11 Å². The van der Waals surface area contributed by atoms with Gasteiger partial charge in [0.05, 0.1) is 6.10 Å². The van der Waals surface area contributed by atoms with E-state index < -0.39 is 0 Å². The minimum atomic E-state index is 0.00106. The molecule has 1 N–H and O–H groups in total. The molecule has 0 aromatic heterocycles. The van der Waals surface area contributed by atoms with E-state index in [0.29, 0.717) is 12.0 Å². The van der Waals surface area contributed by atoms with Crippen LogP contribution in [0.2, 0.25) is 0 Å². The summed E-state index contributed by atoms with van der Waals surface area (Å²) in [6, 6.07) is 0.671. The SMILES string of the molecule is CN(C)[C@@H]1[C@H]2CC[C@@H]1[C@@H](O)C2. The zero-order valence-electron chi connectivity index (χ0n) is 7.33. The summed E-state index contributed by atoms with van der Waals surface area (Å²) in [5.41, 5.74) is 0. The molecular formula is C9H17NO. The van der Waals surface area contributed by atoms with Crippen molar-refractivity contribution in [2.45, 2.75) is 31.4 Å². The van der Waals surface area contributed by atoms with Crippen LogP contribution in [0.5, 0.6) is 0 Å². The smallest absolute Gasteiger partial charge is 0.0586 e. The van der Waals surface area contributed by atoms with Gasteiger partial charge in [-0.3, -0.25) is 0 Å². The average Bonchev–Trinajstić information content (AvgIpc) is 2.41. The maximum atomic E-state index is 9.61. The minimum absolute atomic E-state index is 0.00106. The van der Waals surface area contributed by atoms with Crippen LogP contribution < -0.4 is 0 Å². The van der Waals surface area contributed by atoms with Crippen LogP contribution in [0.25, 0.3) is 0 Å². The maximum absolute atomic E-state index is 9.61. The van der Waals surface area contributed by atoms with Gasteiger partial charge in [0.2, 0.25) is 0 Å². The van der Waals surface area contributed by atoms with Crippen LogP contribution in [-0.4, -0.2) is 36.2 Å². The molecule has 4 atom stereocenters. The molecule has 64 valence electrons. The Bertz CT molecular complexity index is 158. The summed E-state index contributed by atoms with van der Waals surface area (Å²) < 4.78 is 0. The molecule has 0 aromatic carbocycles. The van der Waals surface area contributed by atoms with Crippen LogP contribution in [-0.2, 0) is 0 Å². The molecule has 0 saturated heterocycles. The maximum Gasteiger partial charge on any atom is 0.0586 e. The van der Waals surface area contributed by atoms with E-state index in [-0.39, 0.29) is 6.10 Å². The van der Waals surface area contributed by atoms with Crippen molar-refractivity contribution in [3.63, 3.8) is 0 Å². The third-order valence-corrected chi connectivity index (χ3v) is 3.43. The molecule has 2 aliphatic rings. The van der Waals surface area contributed by atoms with E-state index in [1.807, 2.05) is 0 Å². The van der Waals surface area contributed by atoms with Gasteiger partial charge in [0.15, 0.2) is 0 Å². The molecule has 11 heavy (non-hydrogen) atoms. The Morgan fingerprint density at radius 3 is 2.27 bits per heavy atom. The lowest BCUT2D eigenvalue weighted by Crippen LogP contribution is -2.33. The predicted molar refractivity (Wildman–Crippen MR) is 44.3 cm³/mol. The Labute approximate surface area is 68.2 Å². The quantitative estimate of drug-likeness (QED) is 0.602. The van der Waals surface area contributed by atoms with E-state index in [1.54, 1.807) is 0 Å². The molecule has 0 heterocycles. The van der Waals surface area contributed by atoms with Crippen molar-refractivity contribution in [3.8, 4) is 0 Å². The molecule has 0 radical (unpaired) electrons. The third-order valence-electron chi connectivity index (χ3n) is 3.43. The summed E-state index contributed by atoms with van der Waals surface area (Å²) in [6.45, 7) is 0. The first kappa shape index (κ1) is 7.56. The largest absolute Gasteiger partial charge is 0.393 e. The van der Waals surface area contributed by atoms with Gasteiger partial charge in [-0.1, -0.05) is 0 Å². The molecule has 0 aliphatic heterocycles. The Balaban J connectivity index is 2.13. The Morgan fingerprint density at radius 2 is 2.00 bits per heavy atom. The second-order valence-corrected chi connectivity index (χ2v) is 4.26. The van der Waals surface area contributed by atoms with E-state index in [4.69, 9.17) is 0 Å². The van der Waals surface area contributed by atoms with Crippen molar-refractivity contribution >= 4 is 0 Å². The van der Waals surface area contributed by atoms with Crippen molar-refractivity contribution in [1.29, 1.82) is 0 Å². The number of nitrogens with zero attached hydrogens (tertiary/aromatic N) is 1. The molecule has 2 aliphatic carbocycles. The van der Waals surface area contributed by atoms with Gasteiger partial charge in [0, 0.05) is 12.0 Å². The van der Waals surface area contributed by atoms with E-state index in [2.05, 4.69) is 19.0 Å². The fourth-order valence-corrected chi connectivity index (χ4v) is 3.06. The van der Waals surface area contributed by atoms with Crippen molar-refractivity contribution in [1.82, 2.24) is 4.90 Å². The number of fused-ring (bicyclic) bond motifs is 2. The van der Waals surface area contributed by atoms with Crippen molar-refractivity contribution in [3.05, 3.63) is 0 Å². The highest BCUT2D eigenvalue weighted by Gasteiger charge is 2.48. The number of aliphatic hydroxyl groups excluding tert-OH is 1. The lowest BCUT2D eigenvalue weighted by Gasteiger charge is -2.24. The molecule has 2 nitrogen and oxygen atoms in total. The monoisotopic (exact) mass is 155 g/mol. The molecule has 2 bridgehead atoms. The third kappa shape index (κ3) is 1.00. The second-order valence-electron chi connectivity index (χ2n) is 4.26. The van der Waals surface area contributed by atoms with Gasteiger partial charge in [0.1, 0.15) is 0 Å². The van der Waals surface area contributed by atoms with Crippen LogP contribution in [0.1, 0.15) is 19.3 Å². The molecule has 0 aromatic rings. The fraction of sp³-hybridized carbons (Fsp3) is 1.00. The number of aliphatic hydroxyl groups is 1. The van der Waals surface area contributed by atoms with E-state index >= 15 is 0 Å².